The fourth-order valence-corrected chi connectivity index (χ4v) is 1.69. The van der Waals surface area contributed by atoms with E-state index in [-0.39, 0.29) is 5.76 Å². The Morgan fingerprint density at radius 1 is 1.24 bits per heavy atom. The number of rotatable bonds is 4. The Morgan fingerprint density at radius 3 is 2.47 bits per heavy atom. The number of aliphatic hydroxyl groups excluding tert-OH is 1. The first-order chi connectivity index (χ1) is 8.13. The number of hydrogen-bond acceptors (Lipinski definition) is 1. The van der Waals surface area contributed by atoms with Crippen LogP contribution in [0.15, 0.2) is 43.2 Å². The Labute approximate surface area is 103 Å². The Kier molecular flexibility index (Phi) is 4.53. The van der Waals surface area contributed by atoms with Crippen LogP contribution in [0.25, 0.3) is 18.2 Å². The first kappa shape index (κ1) is 13.0. The fourth-order valence-electron chi connectivity index (χ4n) is 1.69. The molecule has 17 heavy (non-hydrogen) atoms. The highest BCUT2D eigenvalue weighted by Crippen LogP contribution is 2.24. The summed E-state index contributed by atoms with van der Waals surface area (Å²) in [6, 6.07) is 4.05. The monoisotopic (exact) mass is 226 g/mol. The van der Waals surface area contributed by atoms with Gasteiger partial charge in [0.05, 0.1) is 0 Å². The van der Waals surface area contributed by atoms with Gasteiger partial charge in [-0.05, 0) is 48.3 Å². The topological polar surface area (TPSA) is 20.2 Å². The molecule has 0 atom stereocenters. The average Bonchev–Trinajstić information content (AvgIpc) is 2.34. The zero-order valence-corrected chi connectivity index (χ0v) is 10.4. The molecule has 1 aromatic carbocycles. The van der Waals surface area contributed by atoms with Gasteiger partial charge in [-0.15, -0.1) is 0 Å². The SMILES string of the molecule is C=C/C(O)=C\c1c(C)ccc(C=C)c1/C=C\C. The largest absolute Gasteiger partial charge is 0.508 e. The predicted octanol–water partition coefficient (Wildman–Crippen LogP) is 4.76. The summed E-state index contributed by atoms with van der Waals surface area (Å²) in [6.07, 6.45) is 8.97. The first-order valence-electron chi connectivity index (χ1n) is 5.55. The van der Waals surface area contributed by atoms with Gasteiger partial charge in [0, 0.05) is 0 Å². The van der Waals surface area contributed by atoms with Crippen LogP contribution in [0.3, 0.4) is 0 Å². The highest BCUT2D eigenvalue weighted by molar-refractivity contribution is 5.76. The first-order valence-corrected chi connectivity index (χ1v) is 5.55. The maximum atomic E-state index is 9.59. The molecule has 0 fully saturated rings. The van der Waals surface area contributed by atoms with Crippen molar-refractivity contribution in [1.29, 1.82) is 0 Å². The highest BCUT2D eigenvalue weighted by atomic mass is 16.3. The third-order valence-electron chi connectivity index (χ3n) is 2.59. The molecule has 0 unspecified atom stereocenters. The van der Waals surface area contributed by atoms with Crippen molar-refractivity contribution < 1.29 is 5.11 Å². The summed E-state index contributed by atoms with van der Waals surface area (Å²) in [5, 5.41) is 9.59. The zero-order valence-electron chi connectivity index (χ0n) is 10.4. The Morgan fingerprint density at radius 2 is 1.94 bits per heavy atom. The van der Waals surface area contributed by atoms with Crippen molar-refractivity contribution in [1.82, 2.24) is 0 Å². The molecule has 0 amide bonds. The normalized spacial score (nSPS) is 11.8. The smallest absolute Gasteiger partial charge is 0.115 e. The quantitative estimate of drug-likeness (QED) is 0.580. The van der Waals surface area contributed by atoms with Crippen LogP contribution in [0.2, 0.25) is 0 Å². The molecular formula is C16H18O. The van der Waals surface area contributed by atoms with E-state index < -0.39 is 0 Å². The lowest BCUT2D eigenvalue weighted by atomic mass is 9.95. The van der Waals surface area contributed by atoms with E-state index in [0.717, 1.165) is 22.3 Å². The van der Waals surface area contributed by atoms with Crippen LogP contribution in [0.5, 0.6) is 0 Å². The van der Waals surface area contributed by atoms with E-state index in [0.29, 0.717) is 0 Å². The minimum absolute atomic E-state index is 0.167. The number of benzene rings is 1. The van der Waals surface area contributed by atoms with Gasteiger partial charge >= 0.3 is 0 Å². The van der Waals surface area contributed by atoms with Crippen LogP contribution in [-0.4, -0.2) is 5.11 Å². The van der Waals surface area contributed by atoms with E-state index in [2.05, 4.69) is 13.2 Å². The van der Waals surface area contributed by atoms with E-state index in [1.54, 1.807) is 6.08 Å². The van der Waals surface area contributed by atoms with Gasteiger partial charge in [0.2, 0.25) is 0 Å². The van der Waals surface area contributed by atoms with Gasteiger partial charge in [-0.1, -0.05) is 43.5 Å². The van der Waals surface area contributed by atoms with Gasteiger partial charge in [0.1, 0.15) is 5.76 Å². The lowest BCUT2D eigenvalue weighted by Gasteiger charge is -2.10. The highest BCUT2D eigenvalue weighted by Gasteiger charge is 2.05. The summed E-state index contributed by atoms with van der Waals surface area (Å²) in [5.74, 6) is 0.167. The molecular weight excluding hydrogens is 208 g/mol. The van der Waals surface area contributed by atoms with E-state index in [1.165, 1.54) is 6.08 Å². The summed E-state index contributed by atoms with van der Waals surface area (Å²) < 4.78 is 0. The van der Waals surface area contributed by atoms with E-state index in [4.69, 9.17) is 0 Å². The second-order valence-electron chi connectivity index (χ2n) is 3.78. The van der Waals surface area contributed by atoms with E-state index in [9.17, 15) is 5.11 Å². The Hall–Kier alpha value is -2.02. The van der Waals surface area contributed by atoms with Crippen molar-refractivity contribution in [3.63, 3.8) is 0 Å². The predicted molar refractivity (Wildman–Crippen MR) is 76.8 cm³/mol. The Bertz CT molecular complexity index is 490. The maximum absolute atomic E-state index is 9.59. The van der Waals surface area contributed by atoms with Gasteiger partial charge in [-0.3, -0.25) is 0 Å². The van der Waals surface area contributed by atoms with Crippen molar-refractivity contribution in [2.24, 2.45) is 0 Å². The molecule has 0 aliphatic rings. The second-order valence-corrected chi connectivity index (χ2v) is 3.78. The van der Waals surface area contributed by atoms with Crippen LogP contribution < -0.4 is 0 Å². The molecule has 0 saturated heterocycles. The summed E-state index contributed by atoms with van der Waals surface area (Å²) in [4.78, 5) is 0. The molecule has 0 saturated carbocycles. The molecule has 0 aromatic heterocycles. The second kappa shape index (κ2) is 5.90. The summed E-state index contributed by atoms with van der Waals surface area (Å²) in [7, 11) is 0. The third kappa shape index (κ3) is 2.97. The van der Waals surface area contributed by atoms with Crippen molar-refractivity contribution in [3.8, 4) is 0 Å². The fraction of sp³-hybridized carbons (Fsp3) is 0.125. The van der Waals surface area contributed by atoms with Crippen LogP contribution >= 0.6 is 0 Å². The zero-order chi connectivity index (χ0) is 12.8. The molecule has 1 heteroatoms. The summed E-state index contributed by atoms with van der Waals surface area (Å²) in [5.41, 5.74) is 4.22. The minimum Gasteiger partial charge on any atom is -0.508 e. The summed E-state index contributed by atoms with van der Waals surface area (Å²) in [6.45, 7) is 11.3. The molecule has 1 nitrogen and oxygen atoms in total. The molecule has 1 aromatic rings. The van der Waals surface area contributed by atoms with Crippen LogP contribution in [-0.2, 0) is 0 Å². The summed E-state index contributed by atoms with van der Waals surface area (Å²) >= 11 is 0. The van der Waals surface area contributed by atoms with Crippen molar-refractivity contribution in [2.75, 3.05) is 0 Å². The molecule has 0 radical (unpaired) electrons. The van der Waals surface area contributed by atoms with Gasteiger partial charge in [0.15, 0.2) is 0 Å². The molecule has 0 heterocycles. The number of hydrogen-bond donors (Lipinski definition) is 1. The maximum Gasteiger partial charge on any atom is 0.115 e. The van der Waals surface area contributed by atoms with E-state index in [1.807, 2.05) is 44.2 Å². The molecule has 0 bridgehead atoms. The number of aryl methyl sites for hydroxylation is 1. The van der Waals surface area contributed by atoms with Crippen molar-refractivity contribution >= 4 is 18.2 Å². The van der Waals surface area contributed by atoms with Crippen LogP contribution in [0, 0.1) is 6.92 Å². The van der Waals surface area contributed by atoms with Gasteiger partial charge in [0.25, 0.3) is 0 Å². The average molecular weight is 226 g/mol. The lowest BCUT2D eigenvalue weighted by molar-refractivity contribution is 0.438. The molecule has 0 spiro atoms. The minimum atomic E-state index is 0.167. The molecule has 88 valence electrons. The van der Waals surface area contributed by atoms with E-state index >= 15 is 0 Å². The van der Waals surface area contributed by atoms with Gasteiger partial charge in [-0.2, -0.15) is 0 Å². The standard InChI is InChI=1S/C16H18O/c1-5-8-15-13(6-2)10-9-12(4)16(15)11-14(17)7-3/h5-11,17H,2-3H2,1,4H3/b8-5-,14-11+. The molecule has 1 rings (SSSR count). The number of allylic oxidation sites excluding steroid dienone is 2. The lowest BCUT2D eigenvalue weighted by Crippen LogP contribution is -1.91. The third-order valence-corrected chi connectivity index (χ3v) is 2.59. The van der Waals surface area contributed by atoms with Gasteiger partial charge < -0.3 is 5.11 Å². The van der Waals surface area contributed by atoms with Gasteiger partial charge in [-0.25, -0.2) is 0 Å². The van der Waals surface area contributed by atoms with Crippen molar-refractivity contribution in [2.45, 2.75) is 13.8 Å². The van der Waals surface area contributed by atoms with Crippen LogP contribution in [0.1, 0.15) is 29.2 Å². The molecule has 0 aliphatic carbocycles. The Balaban J connectivity index is 3.54. The molecule has 0 aliphatic heterocycles. The molecule has 1 N–H and O–H groups in total. The van der Waals surface area contributed by atoms with Crippen LogP contribution in [0.4, 0.5) is 0 Å². The van der Waals surface area contributed by atoms with Crippen molar-refractivity contribution in [3.05, 3.63) is 65.5 Å². The number of aliphatic hydroxyl groups is 1.